The monoisotopic (exact) mass is 238 g/mol. The second kappa shape index (κ2) is 7.84. The first-order chi connectivity index (χ1) is 8.22. The van der Waals surface area contributed by atoms with Gasteiger partial charge in [-0.15, -0.1) is 0 Å². The van der Waals surface area contributed by atoms with Crippen LogP contribution in [0, 0.1) is 5.92 Å². The number of nitrogens with zero attached hydrogens (tertiary/aromatic N) is 2. The average molecular weight is 238 g/mol. The molecule has 1 unspecified atom stereocenters. The zero-order valence-electron chi connectivity index (χ0n) is 10.4. The van der Waals surface area contributed by atoms with Crippen LogP contribution in [0.1, 0.15) is 26.2 Å². The average Bonchev–Trinajstić information content (AvgIpc) is 2.81. The summed E-state index contributed by atoms with van der Waals surface area (Å²) in [6, 6.07) is 0. The highest BCUT2D eigenvalue weighted by Crippen LogP contribution is 1.98. The van der Waals surface area contributed by atoms with E-state index in [1.54, 1.807) is 6.20 Å². The summed E-state index contributed by atoms with van der Waals surface area (Å²) >= 11 is 0. The van der Waals surface area contributed by atoms with Gasteiger partial charge in [-0.25, -0.2) is 4.98 Å². The summed E-state index contributed by atoms with van der Waals surface area (Å²) in [6.45, 7) is 4.24. The van der Waals surface area contributed by atoms with Crippen molar-refractivity contribution in [3.63, 3.8) is 0 Å². The van der Waals surface area contributed by atoms with Crippen LogP contribution < -0.4 is 11.1 Å². The predicted molar refractivity (Wildman–Crippen MR) is 67.3 cm³/mol. The summed E-state index contributed by atoms with van der Waals surface area (Å²) in [5.74, 6) is 0.367. The van der Waals surface area contributed by atoms with Crippen molar-refractivity contribution in [2.24, 2.45) is 11.7 Å². The van der Waals surface area contributed by atoms with Gasteiger partial charge in [0.2, 0.25) is 5.91 Å². The second-order valence-electron chi connectivity index (χ2n) is 4.40. The molecule has 0 aliphatic carbocycles. The minimum Gasteiger partial charge on any atom is -0.356 e. The molecule has 1 aromatic rings. The van der Waals surface area contributed by atoms with Crippen LogP contribution in [0.4, 0.5) is 0 Å². The summed E-state index contributed by atoms with van der Waals surface area (Å²) < 4.78 is 2.04. The van der Waals surface area contributed by atoms with E-state index in [0.717, 1.165) is 25.9 Å². The molecule has 0 fully saturated rings. The molecule has 0 saturated carbocycles. The minimum absolute atomic E-state index is 0.102. The van der Waals surface area contributed by atoms with Crippen molar-refractivity contribution in [3.05, 3.63) is 18.7 Å². The zero-order valence-corrected chi connectivity index (χ0v) is 10.4. The fraction of sp³-hybridized carbons (Fsp3) is 0.667. The highest BCUT2D eigenvalue weighted by molar-refractivity contribution is 5.76. The lowest BCUT2D eigenvalue weighted by Crippen LogP contribution is -2.28. The summed E-state index contributed by atoms with van der Waals surface area (Å²) in [4.78, 5) is 15.4. The molecule has 0 spiro atoms. The molecule has 0 saturated heterocycles. The van der Waals surface area contributed by atoms with Crippen molar-refractivity contribution in [1.29, 1.82) is 0 Å². The van der Waals surface area contributed by atoms with Crippen LogP contribution in [0.2, 0.25) is 0 Å². The van der Waals surface area contributed by atoms with Gasteiger partial charge < -0.3 is 15.6 Å². The Hall–Kier alpha value is -1.36. The maximum absolute atomic E-state index is 11.4. The van der Waals surface area contributed by atoms with Gasteiger partial charge in [-0.2, -0.15) is 0 Å². The fourth-order valence-electron chi connectivity index (χ4n) is 1.54. The Labute approximate surface area is 102 Å². The van der Waals surface area contributed by atoms with Crippen LogP contribution in [-0.2, 0) is 11.3 Å². The molecule has 17 heavy (non-hydrogen) atoms. The van der Waals surface area contributed by atoms with Crippen LogP contribution in [-0.4, -0.2) is 28.5 Å². The number of aryl methyl sites for hydroxylation is 1. The van der Waals surface area contributed by atoms with E-state index in [4.69, 9.17) is 5.73 Å². The molecule has 1 amide bonds. The van der Waals surface area contributed by atoms with Gasteiger partial charge in [0.1, 0.15) is 0 Å². The van der Waals surface area contributed by atoms with E-state index < -0.39 is 0 Å². The number of hydrogen-bond donors (Lipinski definition) is 2. The third kappa shape index (κ3) is 6.06. The fourth-order valence-corrected chi connectivity index (χ4v) is 1.54. The lowest BCUT2D eigenvalue weighted by Gasteiger charge is -2.09. The van der Waals surface area contributed by atoms with Crippen molar-refractivity contribution in [1.82, 2.24) is 14.9 Å². The van der Waals surface area contributed by atoms with Gasteiger partial charge in [0.15, 0.2) is 0 Å². The smallest absolute Gasteiger partial charge is 0.220 e. The number of nitrogens with two attached hydrogens (primary N) is 1. The first-order valence-corrected chi connectivity index (χ1v) is 6.15. The van der Waals surface area contributed by atoms with Crippen molar-refractivity contribution in [3.8, 4) is 0 Å². The molecular formula is C12H22N4O. The number of amides is 1. The molecule has 1 heterocycles. The van der Waals surface area contributed by atoms with Crippen LogP contribution in [0.25, 0.3) is 0 Å². The van der Waals surface area contributed by atoms with Gasteiger partial charge in [-0.05, 0) is 25.3 Å². The maximum Gasteiger partial charge on any atom is 0.220 e. The lowest BCUT2D eigenvalue weighted by atomic mass is 10.1. The first kappa shape index (κ1) is 13.7. The van der Waals surface area contributed by atoms with Gasteiger partial charge in [0, 0.05) is 31.9 Å². The molecule has 1 aromatic heterocycles. The zero-order chi connectivity index (χ0) is 12.5. The SMILES string of the molecule is CC(CN)CC(=O)NCCCCn1ccnc1. The second-order valence-corrected chi connectivity index (χ2v) is 4.40. The normalized spacial score (nSPS) is 12.4. The van der Waals surface area contributed by atoms with Gasteiger partial charge in [-0.1, -0.05) is 6.92 Å². The molecule has 0 bridgehead atoms. The summed E-state index contributed by atoms with van der Waals surface area (Å²) in [6.07, 6.45) is 8.08. The van der Waals surface area contributed by atoms with E-state index in [-0.39, 0.29) is 11.8 Å². The molecule has 0 aromatic carbocycles. The largest absolute Gasteiger partial charge is 0.356 e. The predicted octanol–water partition coefficient (Wildman–Crippen LogP) is 0.764. The van der Waals surface area contributed by atoms with Gasteiger partial charge in [0.05, 0.1) is 6.33 Å². The quantitative estimate of drug-likeness (QED) is 0.657. The summed E-state index contributed by atoms with van der Waals surface area (Å²) in [5.41, 5.74) is 5.46. The number of carbonyl (C=O) groups is 1. The van der Waals surface area contributed by atoms with Crippen molar-refractivity contribution < 1.29 is 4.79 Å². The van der Waals surface area contributed by atoms with Crippen molar-refractivity contribution in [2.45, 2.75) is 32.7 Å². The number of unbranched alkanes of at least 4 members (excludes halogenated alkanes) is 1. The molecule has 3 N–H and O–H groups in total. The number of nitrogens with one attached hydrogen (secondary N) is 1. The van der Waals surface area contributed by atoms with Crippen LogP contribution in [0.15, 0.2) is 18.7 Å². The van der Waals surface area contributed by atoms with Crippen LogP contribution in [0.3, 0.4) is 0 Å². The molecule has 1 atom stereocenters. The maximum atomic E-state index is 11.4. The van der Waals surface area contributed by atoms with Crippen LogP contribution >= 0.6 is 0 Å². The van der Waals surface area contributed by atoms with Gasteiger partial charge >= 0.3 is 0 Å². The molecule has 96 valence electrons. The number of rotatable bonds is 8. The number of aromatic nitrogens is 2. The van der Waals surface area contributed by atoms with Gasteiger partial charge in [-0.3, -0.25) is 4.79 Å². The standard InChI is InChI=1S/C12H22N4O/c1-11(9-13)8-12(17)15-4-2-3-6-16-7-5-14-10-16/h5,7,10-11H,2-4,6,8-9,13H2,1H3,(H,15,17). The summed E-state index contributed by atoms with van der Waals surface area (Å²) in [5, 5.41) is 2.91. The van der Waals surface area contributed by atoms with E-state index >= 15 is 0 Å². The molecule has 5 heteroatoms. The van der Waals surface area contributed by atoms with E-state index in [1.165, 1.54) is 0 Å². The van der Waals surface area contributed by atoms with Crippen LogP contribution in [0.5, 0.6) is 0 Å². The minimum atomic E-state index is 0.102. The molecule has 0 aliphatic heterocycles. The Morgan fingerprint density at radius 1 is 1.53 bits per heavy atom. The molecule has 0 aliphatic rings. The Kier molecular flexibility index (Phi) is 6.32. The van der Waals surface area contributed by atoms with E-state index in [0.29, 0.717) is 13.0 Å². The molecule has 5 nitrogen and oxygen atoms in total. The Balaban J connectivity index is 1.98. The summed E-state index contributed by atoms with van der Waals surface area (Å²) in [7, 11) is 0. The van der Waals surface area contributed by atoms with E-state index in [9.17, 15) is 4.79 Å². The highest BCUT2D eigenvalue weighted by Gasteiger charge is 2.06. The van der Waals surface area contributed by atoms with E-state index in [2.05, 4.69) is 10.3 Å². The number of carbonyl (C=O) groups excluding carboxylic acids is 1. The Morgan fingerprint density at radius 3 is 3.00 bits per heavy atom. The highest BCUT2D eigenvalue weighted by atomic mass is 16.1. The molecule has 0 radical (unpaired) electrons. The van der Waals surface area contributed by atoms with E-state index in [1.807, 2.05) is 24.0 Å². The third-order valence-corrected chi connectivity index (χ3v) is 2.66. The van der Waals surface area contributed by atoms with Crippen molar-refractivity contribution in [2.75, 3.05) is 13.1 Å². The van der Waals surface area contributed by atoms with Crippen molar-refractivity contribution >= 4 is 5.91 Å². The van der Waals surface area contributed by atoms with Gasteiger partial charge in [0.25, 0.3) is 0 Å². The topological polar surface area (TPSA) is 72.9 Å². The Bertz CT molecular complexity index is 310. The lowest BCUT2D eigenvalue weighted by molar-refractivity contribution is -0.121. The molecule has 1 rings (SSSR count). The number of imidazole rings is 1. The first-order valence-electron chi connectivity index (χ1n) is 6.15. The third-order valence-electron chi connectivity index (χ3n) is 2.66. The Morgan fingerprint density at radius 2 is 2.35 bits per heavy atom. The number of hydrogen-bond acceptors (Lipinski definition) is 3. The molecular weight excluding hydrogens is 216 g/mol.